The van der Waals surface area contributed by atoms with Crippen LogP contribution in [0.1, 0.15) is 27.8 Å². The predicted octanol–water partition coefficient (Wildman–Crippen LogP) is 4.08. The van der Waals surface area contributed by atoms with Gasteiger partial charge in [-0.3, -0.25) is 9.48 Å². The molecule has 1 aromatic heterocycles. The van der Waals surface area contributed by atoms with Gasteiger partial charge in [0.1, 0.15) is 6.10 Å². The Kier molecular flexibility index (Phi) is 5.42. The number of aromatic nitrogens is 2. The lowest BCUT2D eigenvalue weighted by molar-refractivity contribution is -0.00118. The lowest BCUT2D eigenvalue weighted by Crippen LogP contribution is -2.22. The van der Waals surface area contributed by atoms with Gasteiger partial charge in [-0.1, -0.05) is 23.7 Å². The van der Waals surface area contributed by atoms with Crippen LogP contribution in [0.15, 0.2) is 48.5 Å². The first-order chi connectivity index (χ1) is 14.1. The summed E-state index contributed by atoms with van der Waals surface area (Å²) in [5.41, 5.74) is 2.80. The van der Waals surface area contributed by atoms with Crippen molar-refractivity contribution >= 4 is 23.2 Å². The second kappa shape index (κ2) is 8.14. The first-order valence-corrected chi connectivity index (χ1v) is 9.42. The molecule has 4 rings (SSSR count). The van der Waals surface area contributed by atoms with Gasteiger partial charge in [0, 0.05) is 16.8 Å². The highest BCUT2D eigenvalue weighted by Crippen LogP contribution is 2.30. The fourth-order valence-electron chi connectivity index (χ4n) is 3.22. The van der Waals surface area contributed by atoms with Gasteiger partial charge in [-0.15, -0.1) is 0 Å². The smallest absolute Gasteiger partial charge is 0.276 e. The molecule has 150 valence electrons. The van der Waals surface area contributed by atoms with Gasteiger partial charge in [-0.05, 0) is 35.9 Å². The lowest BCUT2D eigenvalue weighted by atomic mass is 10.1. The Morgan fingerprint density at radius 3 is 2.62 bits per heavy atom. The van der Waals surface area contributed by atoms with E-state index in [2.05, 4.69) is 10.4 Å². The molecular formula is C21H20ClN3O4. The first-order valence-electron chi connectivity index (χ1n) is 9.04. The summed E-state index contributed by atoms with van der Waals surface area (Å²) in [5, 5.41) is 7.97. The van der Waals surface area contributed by atoms with Crippen molar-refractivity contribution in [2.45, 2.75) is 19.3 Å². The average Bonchev–Trinajstić information content (AvgIpc) is 3.17. The SMILES string of the molecule is COc1ccc(NC(=O)c2cc3n(n2)C[C@@H](c2ccc(Cl)cc2)OC3)cc1OC. The number of halogens is 1. The fourth-order valence-corrected chi connectivity index (χ4v) is 3.35. The number of nitrogens with one attached hydrogen (secondary N) is 1. The van der Waals surface area contributed by atoms with Crippen LogP contribution < -0.4 is 14.8 Å². The highest BCUT2D eigenvalue weighted by molar-refractivity contribution is 6.30. The summed E-state index contributed by atoms with van der Waals surface area (Å²) in [6, 6.07) is 14.5. The number of carbonyl (C=O) groups excluding carboxylic acids is 1. The summed E-state index contributed by atoms with van der Waals surface area (Å²) < 4.78 is 18.2. The molecule has 0 bridgehead atoms. The Morgan fingerprint density at radius 1 is 1.14 bits per heavy atom. The van der Waals surface area contributed by atoms with Gasteiger partial charge in [0.05, 0.1) is 33.1 Å². The van der Waals surface area contributed by atoms with Crippen LogP contribution in [0.25, 0.3) is 0 Å². The van der Waals surface area contributed by atoms with E-state index < -0.39 is 0 Å². The number of fused-ring (bicyclic) bond motifs is 1. The van der Waals surface area contributed by atoms with Gasteiger partial charge in [0.25, 0.3) is 5.91 Å². The van der Waals surface area contributed by atoms with E-state index in [1.54, 1.807) is 38.5 Å². The van der Waals surface area contributed by atoms with E-state index in [0.717, 1.165) is 11.3 Å². The molecule has 1 aliphatic rings. The van der Waals surface area contributed by atoms with E-state index in [0.29, 0.717) is 41.1 Å². The summed E-state index contributed by atoms with van der Waals surface area (Å²) in [5.74, 6) is 0.823. The van der Waals surface area contributed by atoms with Crippen molar-refractivity contribution < 1.29 is 19.0 Å². The third kappa shape index (κ3) is 4.06. The molecule has 0 saturated carbocycles. The molecule has 0 aliphatic carbocycles. The maximum atomic E-state index is 12.7. The van der Waals surface area contributed by atoms with Gasteiger partial charge in [-0.2, -0.15) is 5.10 Å². The van der Waals surface area contributed by atoms with E-state index >= 15 is 0 Å². The van der Waals surface area contributed by atoms with Gasteiger partial charge >= 0.3 is 0 Å². The number of rotatable bonds is 5. The fraction of sp³-hybridized carbons (Fsp3) is 0.238. The monoisotopic (exact) mass is 413 g/mol. The molecule has 1 amide bonds. The average molecular weight is 414 g/mol. The zero-order chi connectivity index (χ0) is 20.4. The molecule has 0 saturated heterocycles. The molecule has 1 N–H and O–H groups in total. The van der Waals surface area contributed by atoms with E-state index in [-0.39, 0.29) is 12.0 Å². The minimum absolute atomic E-state index is 0.138. The quantitative estimate of drug-likeness (QED) is 0.682. The Balaban J connectivity index is 1.48. The number of nitrogens with zero attached hydrogens (tertiary/aromatic N) is 2. The van der Waals surface area contributed by atoms with Gasteiger partial charge < -0.3 is 19.5 Å². The topological polar surface area (TPSA) is 74.6 Å². The van der Waals surface area contributed by atoms with Crippen molar-refractivity contribution in [2.75, 3.05) is 19.5 Å². The Labute approximate surface area is 173 Å². The number of ether oxygens (including phenoxy) is 3. The molecule has 2 heterocycles. The van der Waals surface area contributed by atoms with Crippen molar-refractivity contribution in [1.82, 2.24) is 9.78 Å². The maximum absolute atomic E-state index is 12.7. The largest absolute Gasteiger partial charge is 0.493 e. The Morgan fingerprint density at radius 2 is 1.90 bits per heavy atom. The van der Waals surface area contributed by atoms with Crippen molar-refractivity contribution in [3.05, 3.63) is 70.5 Å². The standard InChI is InChI=1S/C21H20ClN3O4/c1-27-18-8-7-15(9-19(18)28-2)23-21(26)17-10-16-12-29-20(11-25(16)24-17)13-3-5-14(22)6-4-13/h3-10,20H,11-12H2,1-2H3,(H,23,26)/t20-/m0/s1. The van der Waals surface area contributed by atoms with Crippen molar-refractivity contribution in [3.63, 3.8) is 0 Å². The normalized spacial score (nSPS) is 15.5. The van der Waals surface area contributed by atoms with Crippen LogP contribution in [0, 0.1) is 0 Å². The second-order valence-corrected chi connectivity index (χ2v) is 7.01. The molecular weight excluding hydrogens is 394 g/mol. The van der Waals surface area contributed by atoms with Gasteiger partial charge in [-0.25, -0.2) is 0 Å². The summed E-state index contributed by atoms with van der Waals surface area (Å²) in [6.07, 6.45) is -0.138. The van der Waals surface area contributed by atoms with Crippen LogP contribution in [0.2, 0.25) is 5.02 Å². The molecule has 3 aromatic rings. The number of carbonyl (C=O) groups is 1. The van der Waals surface area contributed by atoms with Crippen LogP contribution in [0.4, 0.5) is 5.69 Å². The molecule has 0 fully saturated rings. The Hall–Kier alpha value is -3.03. The number of anilines is 1. The number of benzene rings is 2. The van der Waals surface area contributed by atoms with Crippen LogP contribution >= 0.6 is 11.6 Å². The lowest BCUT2D eigenvalue weighted by Gasteiger charge is -2.24. The maximum Gasteiger partial charge on any atom is 0.276 e. The molecule has 1 aliphatic heterocycles. The molecule has 0 unspecified atom stereocenters. The number of hydrogen-bond donors (Lipinski definition) is 1. The highest BCUT2D eigenvalue weighted by atomic mass is 35.5. The van der Waals surface area contributed by atoms with E-state index in [9.17, 15) is 4.79 Å². The zero-order valence-electron chi connectivity index (χ0n) is 16.0. The van der Waals surface area contributed by atoms with Crippen molar-refractivity contribution in [1.29, 1.82) is 0 Å². The zero-order valence-corrected chi connectivity index (χ0v) is 16.8. The van der Waals surface area contributed by atoms with Crippen LogP contribution in [0.5, 0.6) is 11.5 Å². The number of amides is 1. The summed E-state index contributed by atoms with van der Waals surface area (Å²) in [4.78, 5) is 12.7. The summed E-state index contributed by atoms with van der Waals surface area (Å²) >= 11 is 5.95. The van der Waals surface area contributed by atoms with E-state index in [1.165, 1.54) is 0 Å². The van der Waals surface area contributed by atoms with Crippen LogP contribution in [-0.4, -0.2) is 29.9 Å². The van der Waals surface area contributed by atoms with Gasteiger partial charge in [0.15, 0.2) is 17.2 Å². The van der Waals surface area contributed by atoms with Crippen molar-refractivity contribution in [3.8, 4) is 11.5 Å². The summed E-state index contributed by atoms with van der Waals surface area (Å²) in [7, 11) is 3.11. The Bertz CT molecular complexity index is 1030. The van der Waals surface area contributed by atoms with E-state index in [1.807, 2.05) is 28.9 Å². The van der Waals surface area contributed by atoms with Crippen molar-refractivity contribution in [2.24, 2.45) is 0 Å². The number of hydrogen-bond acceptors (Lipinski definition) is 5. The van der Waals surface area contributed by atoms with Gasteiger partial charge in [0.2, 0.25) is 0 Å². The number of methoxy groups -OCH3 is 2. The molecule has 8 heteroatoms. The molecule has 2 aromatic carbocycles. The first kappa shape index (κ1) is 19.3. The molecule has 0 spiro atoms. The minimum Gasteiger partial charge on any atom is -0.493 e. The summed E-state index contributed by atoms with van der Waals surface area (Å²) in [6.45, 7) is 0.907. The van der Waals surface area contributed by atoms with E-state index in [4.69, 9.17) is 25.8 Å². The minimum atomic E-state index is -0.304. The highest BCUT2D eigenvalue weighted by Gasteiger charge is 2.24. The molecule has 29 heavy (non-hydrogen) atoms. The van der Waals surface area contributed by atoms with Crippen LogP contribution in [-0.2, 0) is 17.9 Å². The molecule has 7 nitrogen and oxygen atoms in total. The third-order valence-electron chi connectivity index (χ3n) is 4.75. The third-order valence-corrected chi connectivity index (χ3v) is 5.00. The predicted molar refractivity (Wildman–Crippen MR) is 109 cm³/mol. The second-order valence-electron chi connectivity index (χ2n) is 6.58. The van der Waals surface area contributed by atoms with Crippen LogP contribution in [0.3, 0.4) is 0 Å². The molecule has 1 atom stereocenters. The molecule has 0 radical (unpaired) electrons.